The van der Waals surface area contributed by atoms with Gasteiger partial charge in [0.05, 0.1) is 19.4 Å². The lowest BCUT2D eigenvalue weighted by Gasteiger charge is -2.33. The summed E-state index contributed by atoms with van der Waals surface area (Å²) in [7, 11) is 1.25. The van der Waals surface area contributed by atoms with E-state index < -0.39 is 23.5 Å². The van der Waals surface area contributed by atoms with Gasteiger partial charge in [0.2, 0.25) is 0 Å². The van der Waals surface area contributed by atoms with Gasteiger partial charge in [-0.2, -0.15) is 0 Å². The van der Waals surface area contributed by atoms with E-state index in [1.807, 2.05) is 6.07 Å². The first-order valence-electron chi connectivity index (χ1n) is 7.81. The zero-order chi connectivity index (χ0) is 17.6. The molecule has 128 valence electrons. The van der Waals surface area contributed by atoms with Crippen molar-refractivity contribution in [3.63, 3.8) is 0 Å². The molecule has 6 heteroatoms. The third-order valence-corrected chi connectivity index (χ3v) is 4.22. The Bertz CT molecular complexity index is 640. The first-order valence-corrected chi connectivity index (χ1v) is 7.81. The Balaban J connectivity index is 2.45. The molecule has 0 radical (unpaired) electrons. The number of Topliss-reactive ketones (excluding diaryl/α,β-unsaturated/α-hetero) is 1. The van der Waals surface area contributed by atoms with Gasteiger partial charge in [-0.25, -0.2) is 4.79 Å². The number of carbonyl (C=O) groups excluding carboxylic acids is 3. The molecule has 1 aliphatic carbocycles. The number of benzene rings is 1. The van der Waals surface area contributed by atoms with Crippen LogP contribution in [0.15, 0.2) is 42.7 Å². The van der Waals surface area contributed by atoms with E-state index in [-0.39, 0.29) is 12.2 Å². The number of carbonyl (C=O) groups is 3. The van der Waals surface area contributed by atoms with Crippen LogP contribution in [0, 0.1) is 5.41 Å². The molecule has 0 saturated heterocycles. The summed E-state index contributed by atoms with van der Waals surface area (Å²) in [5.74, 6) is -0.861. The number of ketones is 1. The van der Waals surface area contributed by atoms with E-state index in [0.29, 0.717) is 18.4 Å². The summed E-state index contributed by atoms with van der Waals surface area (Å²) in [6.45, 7) is 1.71. The number of ether oxygens (including phenoxy) is 2. The Hall–Kier alpha value is -2.63. The number of allylic oxidation sites excluding steroid dienone is 1. The van der Waals surface area contributed by atoms with Crippen molar-refractivity contribution in [1.29, 1.82) is 0 Å². The average molecular weight is 331 g/mol. The van der Waals surface area contributed by atoms with Crippen LogP contribution in [-0.2, 0) is 19.1 Å². The summed E-state index contributed by atoms with van der Waals surface area (Å²) in [5, 5.41) is 2.66. The largest absolute Gasteiger partial charge is 0.468 e. The monoisotopic (exact) mass is 331 g/mol. The maximum absolute atomic E-state index is 12.6. The Labute approximate surface area is 140 Å². The van der Waals surface area contributed by atoms with Gasteiger partial charge in [0.1, 0.15) is 0 Å². The molecule has 0 aromatic heterocycles. The smallest absolute Gasteiger partial charge is 0.412 e. The minimum atomic E-state index is -1.43. The van der Waals surface area contributed by atoms with Crippen LogP contribution in [0.3, 0.4) is 0 Å². The zero-order valence-electron chi connectivity index (χ0n) is 13.8. The molecule has 1 unspecified atom stereocenters. The fourth-order valence-electron chi connectivity index (χ4n) is 3.13. The molecule has 0 aliphatic heterocycles. The molecule has 0 bridgehead atoms. The lowest BCUT2D eigenvalue weighted by molar-refractivity contribution is -0.158. The second kappa shape index (κ2) is 7.77. The predicted octanol–water partition coefficient (Wildman–Crippen LogP) is 2.90. The Morgan fingerprint density at radius 3 is 2.54 bits per heavy atom. The summed E-state index contributed by atoms with van der Waals surface area (Å²) in [4.78, 5) is 37.2. The van der Waals surface area contributed by atoms with Crippen LogP contribution >= 0.6 is 0 Å². The van der Waals surface area contributed by atoms with Crippen molar-refractivity contribution in [2.24, 2.45) is 5.41 Å². The van der Waals surface area contributed by atoms with Crippen LogP contribution in [-0.4, -0.2) is 25.0 Å². The standard InChI is InChI=1S/C18H21NO5/c1-3-12-24-17(22)19-15(13-8-5-4-6-9-13)18(16(21)23-2)11-7-10-14(18)20/h3-6,8-9,12,15H,7,10-11H2,1-2H3,(H,19,22)/b12-3+/t15?,18-/m1/s1. The van der Waals surface area contributed by atoms with Gasteiger partial charge in [0.25, 0.3) is 0 Å². The van der Waals surface area contributed by atoms with Crippen LogP contribution < -0.4 is 5.32 Å². The molecule has 24 heavy (non-hydrogen) atoms. The fraction of sp³-hybridized carbons (Fsp3) is 0.389. The molecule has 1 saturated carbocycles. The zero-order valence-corrected chi connectivity index (χ0v) is 13.8. The molecule has 0 heterocycles. The number of amides is 1. The van der Waals surface area contributed by atoms with Crippen molar-refractivity contribution in [3.8, 4) is 0 Å². The van der Waals surface area contributed by atoms with E-state index >= 15 is 0 Å². The molecule has 1 amide bonds. The molecule has 1 aromatic rings. The summed E-state index contributed by atoms with van der Waals surface area (Å²) >= 11 is 0. The van der Waals surface area contributed by atoms with Crippen LogP contribution in [0.5, 0.6) is 0 Å². The SMILES string of the molecule is C/C=C/OC(=O)NC(c1ccccc1)[C@@]1(C(=O)OC)CCCC1=O. The summed E-state index contributed by atoms with van der Waals surface area (Å²) in [5.41, 5.74) is -0.777. The number of hydrogen-bond acceptors (Lipinski definition) is 5. The Morgan fingerprint density at radius 2 is 2.00 bits per heavy atom. The number of esters is 1. The van der Waals surface area contributed by atoms with Crippen LogP contribution in [0.2, 0.25) is 0 Å². The van der Waals surface area contributed by atoms with Gasteiger partial charge in [0.15, 0.2) is 11.2 Å². The van der Waals surface area contributed by atoms with Crippen LogP contribution in [0.1, 0.15) is 37.8 Å². The number of methoxy groups -OCH3 is 1. The highest BCUT2D eigenvalue weighted by atomic mass is 16.5. The first-order chi connectivity index (χ1) is 11.6. The van der Waals surface area contributed by atoms with E-state index in [1.54, 1.807) is 37.3 Å². The maximum Gasteiger partial charge on any atom is 0.412 e. The second-order valence-electron chi connectivity index (χ2n) is 5.60. The van der Waals surface area contributed by atoms with E-state index in [9.17, 15) is 14.4 Å². The maximum atomic E-state index is 12.6. The van der Waals surface area contributed by atoms with E-state index in [2.05, 4.69) is 5.32 Å². The predicted molar refractivity (Wildman–Crippen MR) is 86.9 cm³/mol. The highest BCUT2D eigenvalue weighted by molar-refractivity contribution is 6.06. The molecule has 1 aliphatic rings. The molecule has 2 rings (SSSR count). The van der Waals surface area contributed by atoms with Gasteiger partial charge in [0, 0.05) is 6.42 Å². The number of nitrogens with one attached hydrogen (secondary N) is 1. The van der Waals surface area contributed by atoms with Gasteiger partial charge >= 0.3 is 12.1 Å². The second-order valence-corrected chi connectivity index (χ2v) is 5.60. The topological polar surface area (TPSA) is 81.7 Å². The third-order valence-electron chi connectivity index (χ3n) is 4.22. The number of rotatable bonds is 5. The molecular formula is C18H21NO5. The van der Waals surface area contributed by atoms with Gasteiger partial charge in [-0.15, -0.1) is 0 Å². The lowest BCUT2D eigenvalue weighted by atomic mass is 9.74. The van der Waals surface area contributed by atoms with Crippen molar-refractivity contribution in [2.45, 2.75) is 32.2 Å². The van der Waals surface area contributed by atoms with E-state index in [4.69, 9.17) is 9.47 Å². The van der Waals surface area contributed by atoms with Crippen molar-refractivity contribution in [3.05, 3.63) is 48.2 Å². The molecule has 1 N–H and O–H groups in total. The Kier molecular flexibility index (Phi) is 5.73. The van der Waals surface area contributed by atoms with Crippen molar-refractivity contribution in [1.82, 2.24) is 5.32 Å². The quantitative estimate of drug-likeness (QED) is 0.510. The number of alkyl carbamates (subject to hydrolysis) is 1. The van der Waals surface area contributed by atoms with Crippen molar-refractivity contribution >= 4 is 17.8 Å². The third kappa shape index (κ3) is 3.32. The van der Waals surface area contributed by atoms with Crippen LogP contribution in [0.4, 0.5) is 4.79 Å². The molecule has 2 atom stereocenters. The van der Waals surface area contributed by atoms with Crippen molar-refractivity contribution < 1.29 is 23.9 Å². The molecule has 0 spiro atoms. The normalized spacial score (nSPS) is 21.5. The van der Waals surface area contributed by atoms with Crippen LogP contribution in [0.25, 0.3) is 0 Å². The van der Waals surface area contributed by atoms with Gasteiger partial charge in [-0.3, -0.25) is 9.59 Å². The number of hydrogen-bond donors (Lipinski definition) is 1. The minimum Gasteiger partial charge on any atom is -0.468 e. The highest BCUT2D eigenvalue weighted by Crippen LogP contribution is 2.46. The Morgan fingerprint density at radius 1 is 1.29 bits per heavy atom. The molecular weight excluding hydrogens is 310 g/mol. The van der Waals surface area contributed by atoms with E-state index in [0.717, 1.165) is 0 Å². The highest BCUT2D eigenvalue weighted by Gasteiger charge is 2.56. The summed E-state index contributed by atoms with van der Waals surface area (Å²) < 4.78 is 9.81. The van der Waals surface area contributed by atoms with Gasteiger partial charge in [-0.05, 0) is 25.3 Å². The first kappa shape index (κ1) is 17.7. The van der Waals surface area contributed by atoms with Gasteiger partial charge < -0.3 is 14.8 Å². The molecule has 1 aromatic carbocycles. The van der Waals surface area contributed by atoms with E-state index in [1.165, 1.54) is 13.4 Å². The van der Waals surface area contributed by atoms with Gasteiger partial charge in [-0.1, -0.05) is 36.4 Å². The summed E-state index contributed by atoms with van der Waals surface area (Å²) in [6.07, 6.45) is 3.24. The fourth-order valence-corrected chi connectivity index (χ4v) is 3.13. The molecule has 1 fully saturated rings. The average Bonchev–Trinajstić information content (AvgIpc) is 3.00. The lowest BCUT2D eigenvalue weighted by Crippen LogP contribution is -2.49. The minimum absolute atomic E-state index is 0.227. The van der Waals surface area contributed by atoms with Crippen molar-refractivity contribution in [2.75, 3.05) is 7.11 Å². The summed E-state index contributed by atoms with van der Waals surface area (Å²) in [6, 6.07) is 8.06. The molecule has 6 nitrogen and oxygen atoms in total.